The molecule has 0 spiro atoms. The summed E-state index contributed by atoms with van der Waals surface area (Å²) >= 11 is 0. The zero-order valence-electron chi connectivity index (χ0n) is 12.7. The number of aliphatic imine (C=N–C) groups is 1. The topological polar surface area (TPSA) is 36.9 Å². The SMILES string of the molecule is CN=C(NCCCCCOC)N1CCCC(C)C1.I. The van der Waals surface area contributed by atoms with Crippen LogP contribution in [0, 0.1) is 5.92 Å². The quantitative estimate of drug-likeness (QED) is 0.332. The molecule has 1 fully saturated rings. The number of hydrogen-bond donors (Lipinski definition) is 1. The third-order valence-corrected chi connectivity index (χ3v) is 3.48. The molecule has 1 unspecified atom stereocenters. The average molecular weight is 383 g/mol. The Bertz CT molecular complexity index is 249. The van der Waals surface area contributed by atoms with Crippen molar-refractivity contribution < 1.29 is 4.74 Å². The van der Waals surface area contributed by atoms with E-state index in [1.165, 1.54) is 25.7 Å². The molecule has 4 nitrogen and oxygen atoms in total. The van der Waals surface area contributed by atoms with E-state index in [0.717, 1.165) is 44.5 Å². The van der Waals surface area contributed by atoms with E-state index in [4.69, 9.17) is 4.74 Å². The van der Waals surface area contributed by atoms with Crippen LogP contribution in [0.3, 0.4) is 0 Å². The average Bonchev–Trinajstić information content (AvgIpc) is 2.38. The molecule has 0 radical (unpaired) electrons. The Morgan fingerprint density at radius 2 is 2.16 bits per heavy atom. The maximum atomic E-state index is 5.05. The lowest BCUT2D eigenvalue weighted by atomic mass is 10.0. The molecule has 0 aromatic rings. The van der Waals surface area contributed by atoms with Crippen LogP contribution < -0.4 is 5.32 Å². The van der Waals surface area contributed by atoms with Crippen molar-refractivity contribution in [2.24, 2.45) is 10.9 Å². The van der Waals surface area contributed by atoms with E-state index < -0.39 is 0 Å². The van der Waals surface area contributed by atoms with Crippen molar-refractivity contribution in [3.8, 4) is 0 Å². The number of piperidine rings is 1. The fourth-order valence-electron chi connectivity index (χ4n) is 2.46. The van der Waals surface area contributed by atoms with Gasteiger partial charge in [0.05, 0.1) is 0 Å². The molecule has 1 N–H and O–H groups in total. The van der Waals surface area contributed by atoms with Gasteiger partial charge in [-0.25, -0.2) is 0 Å². The summed E-state index contributed by atoms with van der Waals surface area (Å²) in [5.74, 6) is 1.87. The van der Waals surface area contributed by atoms with Gasteiger partial charge in [0.2, 0.25) is 0 Å². The molecule has 1 atom stereocenters. The number of nitrogens with one attached hydrogen (secondary N) is 1. The summed E-state index contributed by atoms with van der Waals surface area (Å²) in [4.78, 5) is 6.78. The summed E-state index contributed by atoms with van der Waals surface area (Å²) in [6.45, 7) is 6.50. The first-order valence-corrected chi connectivity index (χ1v) is 7.22. The molecule has 0 bridgehead atoms. The normalized spacial score (nSPS) is 20.1. The standard InChI is InChI=1S/C14H29N3O.HI/c1-13-8-7-10-17(12-13)14(15-2)16-9-5-4-6-11-18-3;/h13H,4-12H2,1-3H3,(H,15,16);1H. The minimum absolute atomic E-state index is 0. The van der Waals surface area contributed by atoms with E-state index in [1.54, 1.807) is 7.11 Å². The van der Waals surface area contributed by atoms with Gasteiger partial charge in [-0.1, -0.05) is 6.92 Å². The summed E-state index contributed by atoms with van der Waals surface area (Å²) in [6, 6.07) is 0. The Morgan fingerprint density at radius 1 is 1.37 bits per heavy atom. The van der Waals surface area contributed by atoms with Crippen LogP contribution in [0.5, 0.6) is 0 Å². The maximum absolute atomic E-state index is 5.05. The van der Waals surface area contributed by atoms with Crippen LogP contribution in [0.15, 0.2) is 4.99 Å². The number of guanidine groups is 1. The number of halogens is 1. The first kappa shape index (κ1) is 19.0. The number of unbranched alkanes of at least 4 members (excludes halogenated alkanes) is 2. The lowest BCUT2D eigenvalue weighted by Crippen LogP contribution is -2.46. The molecule has 1 heterocycles. The molecule has 1 rings (SSSR count). The van der Waals surface area contributed by atoms with Crippen LogP contribution in [0.25, 0.3) is 0 Å². The Kier molecular flexibility index (Phi) is 11.7. The number of methoxy groups -OCH3 is 1. The Balaban J connectivity index is 0.00000324. The molecule has 1 aliphatic heterocycles. The van der Waals surface area contributed by atoms with E-state index in [9.17, 15) is 0 Å². The molecule has 0 aliphatic carbocycles. The fourth-order valence-corrected chi connectivity index (χ4v) is 2.46. The van der Waals surface area contributed by atoms with Crippen LogP contribution in [0.1, 0.15) is 39.0 Å². The molecular formula is C14H30IN3O. The lowest BCUT2D eigenvalue weighted by Gasteiger charge is -2.33. The molecule has 5 heteroatoms. The van der Waals surface area contributed by atoms with Crippen molar-refractivity contribution in [1.82, 2.24) is 10.2 Å². The predicted octanol–water partition coefficient (Wildman–Crippen LogP) is 2.73. The second-order valence-corrected chi connectivity index (χ2v) is 5.22. The van der Waals surface area contributed by atoms with Gasteiger partial charge in [-0.3, -0.25) is 4.99 Å². The minimum atomic E-state index is 0. The first-order valence-electron chi connectivity index (χ1n) is 7.22. The van der Waals surface area contributed by atoms with Gasteiger partial charge in [0.15, 0.2) is 5.96 Å². The van der Waals surface area contributed by atoms with Crippen LogP contribution >= 0.6 is 24.0 Å². The van der Waals surface area contributed by atoms with Gasteiger partial charge in [-0.2, -0.15) is 0 Å². The van der Waals surface area contributed by atoms with Crippen LogP contribution in [0.4, 0.5) is 0 Å². The van der Waals surface area contributed by atoms with E-state index in [-0.39, 0.29) is 24.0 Å². The monoisotopic (exact) mass is 383 g/mol. The summed E-state index contributed by atoms with van der Waals surface area (Å²) in [5, 5.41) is 3.47. The van der Waals surface area contributed by atoms with E-state index in [2.05, 4.69) is 22.1 Å². The number of rotatable bonds is 6. The summed E-state index contributed by atoms with van der Waals surface area (Å²) in [6.07, 6.45) is 6.19. The fraction of sp³-hybridized carbons (Fsp3) is 0.929. The summed E-state index contributed by atoms with van der Waals surface area (Å²) < 4.78 is 5.05. The highest BCUT2D eigenvalue weighted by Gasteiger charge is 2.18. The molecule has 1 saturated heterocycles. The van der Waals surface area contributed by atoms with Gasteiger partial charge in [-0.05, 0) is 38.0 Å². The van der Waals surface area contributed by atoms with Crippen LogP contribution in [-0.4, -0.2) is 51.3 Å². The predicted molar refractivity (Wildman–Crippen MR) is 92.5 cm³/mol. The number of nitrogens with zero attached hydrogens (tertiary/aromatic N) is 2. The minimum Gasteiger partial charge on any atom is -0.385 e. The number of likely N-dealkylation sites (tertiary alicyclic amines) is 1. The molecule has 0 aromatic heterocycles. The highest BCUT2D eigenvalue weighted by molar-refractivity contribution is 14.0. The molecule has 19 heavy (non-hydrogen) atoms. The first-order chi connectivity index (χ1) is 8.77. The molecule has 0 saturated carbocycles. The van der Waals surface area contributed by atoms with Crippen molar-refractivity contribution >= 4 is 29.9 Å². The van der Waals surface area contributed by atoms with Gasteiger partial charge < -0.3 is 15.0 Å². The second-order valence-electron chi connectivity index (χ2n) is 5.22. The zero-order chi connectivity index (χ0) is 13.2. The Morgan fingerprint density at radius 3 is 2.79 bits per heavy atom. The summed E-state index contributed by atoms with van der Waals surface area (Å²) in [5.41, 5.74) is 0. The Hall–Kier alpha value is -0.0400. The van der Waals surface area contributed by atoms with Gasteiger partial charge >= 0.3 is 0 Å². The van der Waals surface area contributed by atoms with E-state index in [0.29, 0.717) is 0 Å². The smallest absolute Gasteiger partial charge is 0.193 e. The lowest BCUT2D eigenvalue weighted by molar-refractivity contribution is 0.192. The highest BCUT2D eigenvalue weighted by Crippen LogP contribution is 2.15. The molecule has 0 amide bonds. The second kappa shape index (κ2) is 11.8. The van der Waals surface area contributed by atoms with Crippen LogP contribution in [-0.2, 0) is 4.74 Å². The van der Waals surface area contributed by atoms with Crippen molar-refractivity contribution in [2.75, 3.05) is 40.4 Å². The van der Waals surface area contributed by atoms with Gasteiger partial charge in [0.25, 0.3) is 0 Å². The zero-order valence-corrected chi connectivity index (χ0v) is 15.0. The van der Waals surface area contributed by atoms with E-state index >= 15 is 0 Å². The van der Waals surface area contributed by atoms with Crippen LogP contribution in [0.2, 0.25) is 0 Å². The molecule has 114 valence electrons. The molecular weight excluding hydrogens is 353 g/mol. The van der Waals surface area contributed by atoms with Crippen molar-refractivity contribution in [3.63, 3.8) is 0 Å². The van der Waals surface area contributed by atoms with Gasteiger partial charge in [0, 0.05) is 40.4 Å². The summed E-state index contributed by atoms with van der Waals surface area (Å²) in [7, 11) is 3.64. The van der Waals surface area contributed by atoms with Gasteiger partial charge in [-0.15, -0.1) is 24.0 Å². The molecule has 1 aliphatic rings. The number of hydrogen-bond acceptors (Lipinski definition) is 2. The molecule has 0 aromatic carbocycles. The van der Waals surface area contributed by atoms with Crippen molar-refractivity contribution in [1.29, 1.82) is 0 Å². The third-order valence-electron chi connectivity index (χ3n) is 3.48. The Labute approximate surface area is 135 Å². The maximum Gasteiger partial charge on any atom is 0.193 e. The van der Waals surface area contributed by atoms with Crippen molar-refractivity contribution in [3.05, 3.63) is 0 Å². The number of ether oxygens (including phenoxy) is 1. The van der Waals surface area contributed by atoms with Gasteiger partial charge in [0.1, 0.15) is 0 Å². The largest absolute Gasteiger partial charge is 0.385 e. The highest BCUT2D eigenvalue weighted by atomic mass is 127. The van der Waals surface area contributed by atoms with E-state index in [1.807, 2.05) is 7.05 Å². The van der Waals surface area contributed by atoms with Crippen molar-refractivity contribution in [2.45, 2.75) is 39.0 Å². The third kappa shape index (κ3) is 7.97.